The molecule has 6 nitrogen and oxygen atoms in total. The zero-order valence-electron chi connectivity index (χ0n) is 16.3. The van der Waals surface area contributed by atoms with Crippen LogP contribution in [0, 0.1) is 0 Å². The van der Waals surface area contributed by atoms with E-state index in [0.717, 1.165) is 22.1 Å². The van der Waals surface area contributed by atoms with Crippen LogP contribution in [-0.2, 0) is 21.4 Å². The predicted octanol–water partition coefficient (Wildman–Crippen LogP) is 3.21. The molecule has 1 aliphatic heterocycles. The summed E-state index contributed by atoms with van der Waals surface area (Å²) in [5.41, 5.74) is 3.13. The zero-order chi connectivity index (χ0) is 21.5. The number of rotatable bonds is 4. The van der Waals surface area contributed by atoms with Gasteiger partial charge in [0.05, 0.1) is 12.0 Å². The van der Waals surface area contributed by atoms with Crippen molar-refractivity contribution < 1.29 is 17.9 Å². The summed E-state index contributed by atoms with van der Waals surface area (Å²) in [5, 5.41) is 6.89. The summed E-state index contributed by atoms with van der Waals surface area (Å²) in [6.07, 6.45) is 0. The van der Waals surface area contributed by atoms with Gasteiger partial charge in [-0.15, -0.1) is 11.6 Å². The molecule has 1 amide bonds. The molecule has 156 valence electrons. The molecule has 2 N–H and O–H groups in total. The smallest absolute Gasteiger partial charge is 0.238 e. The van der Waals surface area contributed by atoms with Crippen molar-refractivity contribution in [2.45, 2.75) is 17.4 Å². The molecule has 0 aromatic heterocycles. The van der Waals surface area contributed by atoms with Crippen molar-refractivity contribution >= 4 is 38.3 Å². The lowest BCUT2D eigenvalue weighted by atomic mass is 9.82. The highest BCUT2D eigenvalue weighted by atomic mass is 35.5. The Morgan fingerprint density at radius 3 is 2.63 bits per heavy atom. The lowest BCUT2D eigenvalue weighted by Gasteiger charge is -2.35. The van der Waals surface area contributed by atoms with Crippen molar-refractivity contribution in [3.8, 4) is 5.75 Å². The van der Waals surface area contributed by atoms with Gasteiger partial charge in [-0.05, 0) is 51.7 Å². The third-order valence-corrected chi connectivity index (χ3v) is 6.67. The largest absolute Gasteiger partial charge is 0.497 e. The van der Waals surface area contributed by atoms with Crippen LogP contribution in [0.15, 0.2) is 59.5 Å². The quantitative estimate of drug-likeness (QED) is 0.625. The summed E-state index contributed by atoms with van der Waals surface area (Å²) in [5.74, 6) is 0.285. The van der Waals surface area contributed by atoms with E-state index >= 15 is 0 Å². The zero-order valence-corrected chi connectivity index (χ0v) is 17.9. The van der Waals surface area contributed by atoms with Crippen LogP contribution < -0.4 is 9.88 Å². The molecule has 8 heteroatoms. The number of primary sulfonamides is 1. The molecule has 4 rings (SSSR count). The molecule has 1 heterocycles. The van der Waals surface area contributed by atoms with E-state index in [-0.39, 0.29) is 22.6 Å². The Labute approximate surface area is 180 Å². The second-order valence-electron chi connectivity index (χ2n) is 7.30. The van der Waals surface area contributed by atoms with Gasteiger partial charge in [0.2, 0.25) is 15.9 Å². The first-order valence-corrected chi connectivity index (χ1v) is 11.5. The molecule has 0 unspecified atom stereocenters. The normalized spacial score (nSPS) is 16.4. The van der Waals surface area contributed by atoms with Gasteiger partial charge in [0, 0.05) is 19.0 Å². The second-order valence-corrected chi connectivity index (χ2v) is 9.13. The molecule has 0 aliphatic carbocycles. The van der Waals surface area contributed by atoms with E-state index in [9.17, 15) is 13.2 Å². The molecule has 3 aromatic carbocycles. The molecule has 1 aliphatic rings. The Bertz CT molecular complexity index is 1240. The standard InChI is InChI=1S/C22H21ClN2O4S/c1-29-16-8-15-9-17(30(24,27)28)6-7-19(15)20(10-16)21-13-25(22(26)11-23)12-14-4-2-3-5-18(14)21/h2-10,21H,11-13H2,1H3,(H2,24,27,28)/t21-/m1/s1. The van der Waals surface area contributed by atoms with Crippen LogP contribution in [0.25, 0.3) is 10.8 Å². The Kier molecular flexibility index (Phi) is 5.44. The summed E-state index contributed by atoms with van der Waals surface area (Å²) >= 11 is 5.83. The summed E-state index contributed by atoms with van der Waals surface area (Å²) in [6, 6.07) is 16.5. The van der Waals surface area contributed by atoms with Gasteiger partial charge < -0.3 is 9.64 Å². The van der Waals surface area contributed by atoms with E-state index in [1.165, 1.54) is 6.07 Å². The number of hydrogen-bond acceptors (Lipinski definition) is 4. The fourth-order valence-corrected chi connectivity index (χ4v) is 4.80. The SMILES string of the molecule is COc1cc([C@@H]2CN(C(=O)CCl)Cc3ccccc32)c2ccc(S(N)(=O)=O)cc2c1. The van der Waals surface area contributed by atoms with Crippen molar-refractivity contribution in [3.63, 3.8) is 0 Å². The minimum atomic E-state index is -3.83. The molecular formula is C22H21ClN2O4S. The fraction of sp³-hybridized carbons (Fsp3) is 0.227. The summed E-state index contributed by atoms with van der Waals surface area (Å²) in [7, 11) is -2.27. The number of alkyl halides is 1. The molecule has 0 saturated carbocycles. The van der Waals surface area contributed by atoms with Crippen molar-refractivity contribution in [1.29, 1.82) is 0 Å². The molecule has 30 heavy (non-hydrogen) atoms. The number of methoxy groups -OCH3 is 1. The lowest BCUT2D eigenvalue weighted by molar-refractivity contribution is -0.129. The topological polar surface area (TPSA) is 89.7 Å². The van der Waals surface area contributed by atoms with Crippen LogP contribution in [0.3, 0.4) is 0 Å². The number of hydrogen-bond donors (Lipinski definition) is 1. The lowest BCUT2D eigenvalue weighted by Crippen LogP contribution is -2.39. The van der Waals surface area contributed by atoms with Crippen LogP contribution in [-0.4, -0.2) is 38.8 Å². The number of amides is 1. The average Bonchev–Trinajstić information content (AvgIpc) is 2.75. The van der Waals surface area contributed by atoms with Gasteiger partial charge in [0.15, 0.2) is 0 Å². The van der Waals surface area contributed by atoms with Crippen LogP contribution in [0.2, 0.25) is 0 Å². The number of fused-ring (bicyclic) bond motifs is 2. The summed E-state index contributed by atoms with van der Waals surface area (Å²) in [4.78, 5) is 14.2. The van der Waals surface area contributed by atoms with Gasteiger partial charge in [0.1, 0.15) is 11.6 Å². The number of halogens is 1. The van der Waals surface area contributed by atoms with E-state index in [1.54, 1.807) is 30.2 Å². The highest BCUT2D eigenvalue weighted by molar-refractivity contribution is 7.89. The maximum atomic E-state index is 12.4. The minimum absolute atomic E-state index is 0.0391. The van der Waals surface area contributed by atoms with Crippen LogP contribution in [0.5, 0.6) is 5.75 Å². The van der Waals surface area contributed by atoms with Crippen LogP contribution >= 0.6 is 11.6 Å². The second kappa shape index (κ2) is 7.91. The maximum Gasteiger partial charge on any atom is 0.238 e. The first-order valence-electron chi connectivity index (χ1n) is 9.38. The van der Waals surface area contributed by atoms with Crippen molar-refractivity contribution in [2.24, 2.45) is 5.14 Å². The van der Waals surface area contributed by atoms with Gasteiger partial charge in [-0.25, -0.2) is 13.6 Å². The van der Waals surface area contributed by atoms with Gasteiger partial charge in [-0.2, -0.15) is 0 Å². The predicted molar refractivity (Wildman–Crippen MR) is 116 cm³/mol. The number of carbonyl (C=O) groups excluding carboxylic acids is 1. The van der Waals surface area contributed by atoms with E-state index in [0.29, 0.717) is 24.2 Å². The summed E-state index contributed by atoms with van der Waals surface area (Å²) < 4.78 is 29.1. The number of sulfonamides is 1. The average molecular weight is 445 g/mol. The van der Waals surface area contributed by atoms with E-state index < -0.39 is 10.0 Å². The Balaban J connectivity index is 1.94. The molecule has 0 spiro atoms. The monoisotopic (exact) mass is 444 g/mol. The Morgan fingerprint density at radius 2 is 1.93 bits per heavy atom. The highest BCUT2D eigenvalue weighted by Gasteiger charge is 2.30. The van der Waals surface area contributed by atoms with Gasteiger partial charge in [-0.1, -0.05) is 30.3 Å². The van der Waals surface area contributed by atoms with E-state index in [1.807, 2.05) is 24.3 Å². The van der Waals surface area contributed by atoms with Crippen LogP contribution in [0.1, 0.15) is 22.6 Å². The third kappa shape index (κ3) is 3.76. The number of nitrogens with two attached hydrogens (primary N) is 1. The number of nitrogens with zero attached hydrogens (tertiary/aromatic N) is 1. The van der Waals surface area contributed by atoms with Crippen molar-refractivity contribution in [1.82, 2.24) is 4.90 Å². The Morgan fingerprint density at radius 1 is 1.17 bits per heavy atom. The first-order chi connectivity index (χ1) is 14.3. The van der Waals surface area contributed by atoms with Gasteiger partial charge >= 0.3 is 0 Å². The van der Waals surface area contributed by atoms with Crippen molar-refractivity contribution in [2.75, 3.05) is 19.5 Å². The molecule has 0 radical (unpaired) electrons. The number of carbonyl (C=O) groups is 1. The van der Waals surface area contributed by atoms with Gasteiger partial charge in [0.25, 0.3) is 0 Å². The molecule has 0 bridgehead atoms. The number of benzene rings is 3. The molecular weight excluding hydrogens is 424 g/mol. The number of ether oxygens (including phenoxy) is 1. The highest BCUT2D eigenvalue weighted by Crippen LogP contribution is 2.39. The van der Waals surface area contributed by atoms with E-state index in [4.69, 9.17) is 21.5 Å². The Hall–Kier alpha value is -2.61. The van der Waals surface area contributed by atoms with Crippen LogP contribution in [0.4, 0.5) is 0 Å². The molecule has 3 aromatic rings. The van der Waals surface area contributed by atoms with E-state index in [2.05, 4.69) is 6.07 Å². The fourth-order valence-electron chi connectivity index (χ4n) is 4.08. The van der Waals surface area contributed by atoms with Gasteiger partial charge in [-0.3, -0.25) is 4.79 Å². The maximum absolute atomic E-state index is 12.4. The third-order valence-electron chi connectivity index (χ3n) is 5.53. The molecule has 1 atom stereocenters. The molecule has 0 fully saturated rings. The summed E-state index contributed by atoms with van der Waals surface area (Å²) in [6.45, 7) is 0.984. The first kappa shape index (κ1) is 20.7. The minimum Gasteiger partial charge on any atom is -0.497 e. The van der Waals surface area contributed by atoms with Crippen molar-refractivity contribution in [3.05, 3.63) is 71.3 Å². The molecule has 0 saturated heterocycles.